The quantitative estimate of drug-likeness (QED) is 0.725. The van der Waals surface area contributed by atoms with Crippen molar-refractivity contribution in [2.45, 2.75) is 13.8 Å². The third-order valence-electron chi connectivity index (χ3n) is 4.08. The van der Waals surface area contributed by atoms with Crippen LogP contribution in [0.5, 0.6) is 11.5 Å². The molecule has 3 aromatic rings. The minimum Gasteiger partial charge on any atom is -0.456 e. The minimum atomic E-state index is -0.638. The molecule has 3 heterocycles. The lowest BCUT2D eigenvalue weighted by Gasteiger charge is -2.10. The number of primary amides is 1. The fourth-order valence-corrected chi connectivity index (χ4v) is 3.05. The van der Waals surface area contributed by atoms with E-state index in [1.807, 2.05) is 19.1 Å². The van der Waals surface area contributed by atoms with Gasteiger partial charge in [0.25, 0.3) is 5.91 Å². The molecule has 0 aliphatic carbocycles. The fraction of sp³-hybridized carbons (Fsp3) is 0.176. The number of halogens is 2. The Morgan fingerprint density at radius 1 is 1.20 bits per heavy atom. The normalized spacial score (nSPS) is 12.3. The first kappa shape index (κ1) is 17.4. The number of benzene rings is 1. The van der Waals surface area contributed by atoms with Crippen molar-refractivity contribution in [3.05, 3.63) is 40.3 Å². The van der Waals surface area contributed by atoms with Crippen molar-refractivity contribution in [2.24, 2.45) is 5.73 Å². The molecule has 1 aliphatic rings. The van der Waals surface area contributed by atoms with E-state index in [0.29, 0.717) is 33.5 Å². The molecule has 25 heavy (non-hydrogen) atoms. The Kier molecular flexibility index (Phi) is 4.26. The van der Waals surface area contributed by atoms with Crippen LogP contribution in [0.25, 0.3) is 22.2 Å². The Morgan fingerprint density at radius 3 is 2.52 bits per heavy atom. The number of carbonyl (C=O) groups is 1. The number of ether oxygens (including phenoxy) is 2. The van der Waals surface area contributed by atoms with Crippen molar-refractivity contribution < 1.29 is 18.7 Å². The highest BCUT2D eigenvalue weighted by Crippen LogP contribution is 2.41. The van der Waals surface area contributed by atoms with E-state index in [9.17, 15) is 4.79 Å². The van der Waals surface area contributed by atoms with E-state index >= 15 is 0 Å². The molecule has 0 saturated carbocycles. The number of amides is 1. The van der Waals surface area contributed by atoms with Gasteiger partial charge in [-0.15, -0.1) is 12.4 Å². The smallest absolute Gasteiger partial charge is 0.284 e. The summed E-state index contributed by atoms with van der Waals surface area (Å²) in [7, 11) is 0. The predicted molar refractivity (Wildman–Crippen MR) is 95.8 cm³/mol. The molecule has 1 amide bonds. The Hall–Kier alpha value is -2.44. The van der Waals surface area contributed by atoms with Gasteiger partial charge in [-0.05, 0) is 31.5 Å². The first-order valence-corrected chi connectivity index (χ1v) is 7.63. The number of aryl methyl sites for hydroxylation is 2. The molecule has 0 atom stereocenters. The van der Waals surface area contributed by atoms with Crippen LogP contribution in [0.2, 0.25) is 5.02 Å². The van der Waals surface area contributed by atoms with Crippen LogP contribution in [0.4, 0.5) is 0 Å². The molecule has 8 heteroatoms. The summed E-state index contributed by atoms with van der Waals surface area (Å²) in [6, 6.07) is 5.24. The van der Waals surface area contributed by atoms with Crippen LogP contribution >= 0.6 is 24.0 Å². The van der Waals surface area contributed by atoms with Crippen LogP contribution in [0.15, 0.2) is 22.6 Å². The zero-order valence-electron chi connectivity index (χ0n) is 13.4. The van der Waals surface area contributed by atoms with Crippen LogP contribution in [-0.2, 0) is 0 Å². The maximum absolute atomic E-state index is 11.3. The summed E-state index contributed by atoms with van der Waals surface area (Å²) in [4.78, 5) is 16.0. The molecule has 4 rings (SSSR count). The van der Waals surface area contributed by atoms with E-state index in [-0.39, 0.29) is 25.0 Å². The topological polar surface area (TPSA) is 87.6 Å². The molecular formula is C17H14Cl2N2O4. The lowest BCUT2D eigenvalue weighted by Crippen LogP contribution is -2.09. The third-order valence-corrected chi connectivity index (χ3v) is 4.54. The number of furan rings is 1. The van der Waals surface area contributed by atoms with Crippen LogP contribution in [0.1, 0.15) is 21.9 Å². The average molecular weight is 381 g/mol. The Bertz CT molecular complexity index is 1010. The van der Waals surface area contributed by atoms with Crippen molar-refractivity contribution in [1.82, 2.24) is 4.98 Å². The highest BCUT2D eigenvalue weighted by Gasteiger charge is 2.21. The van der Waals surface area contributed by atoms with Crippen LogP contribution < -0.4 is 15.2 Å². The van der Waals surface area contributed by atoms with Gasteiger partial charge in [-0.2, -0.15) is 0 Å². The van der Waals surface area contributed by atoms with E-state index in [1.165, 1.54) is 0 Å². The van der Waals surface area contributed by atoms with E-state index < -0.39 is 5.91 Å². The second-order valence-corrected chi connectivity index (χ2v) is 5.94. The summed E-state index contributed by atoms with van der Waals surface area (Å²) in [6.07, 6.45) is 0. The lowest BCUT2D eigenvalue weighted by molar-refractivity contribution is 0.0972. The molecule has 2 N–H and O–H groups in total. The Balaban J connectivity index is 0.00000182. The molecule has 2 aromatic heterocycles. The van der Waals surface area contributed by atoms with E-state index in [0.717, 1.165) is 16.5 Å². The molecule has 0 fully saturated rings. The maximum Gasteiger partial charge on any atom is 0.284 e. The van der Waals surface area contributed by atoms with Crippen LogP contribution in [-0.4, -0.2) is 17.7 Å². The number of nitrogens with zero attached hydrogens (tertiary/aromatic N) is 1. The monoisotopic (exact) mass is 380 g/mol. The van der Waals surface area contributed by atoms with E-state index in [2.05, 4.69) is 4.98 Å². The molecule has 0 unspecified atom stereocenters. The highest BCUT2D eigenvalue weighted by molar-refractivity contribution is 6.34. The second-order valence-electron chi connectivity index (χ2n) is 5.57. The van der Waals surface area contributed by atoms with Crippen molar-refractivity contribution in [2.75, 3.05) is 6.79 Å². The zero-order valence-corrected chi connectivity index (χ0v) is 15.0. The number of rotatable bonds is 2. The number of fused-ring (bicyclic) bond motifs is 2. The number of nitrogens with two attached hydrogens (primary N) is 1. The van der Waals surface area contributed by atoms with Gasteiger partial charge in [0.05, 0.1) is 16.2 Å². The van der Waals surface area contributed by atoms with Crippen molar-refractivity contribution >= 4 is 40.8 Å². The molecule has 1 aliphatic heterocycles. The molecule has 0 bridgehead atoms. The van der Waals surface area contributed by atoms with Gasteiger partial charge in [-0.3, -0.25) is 4.79 Å². The summed E-state index contributed by atoms with van der Waals surface area (Å²) in [5.41, 5.74) is 8.03. The van der Waals surface area contributed by atoms with Crippen molar-refractivity contribution in [3.63, 3.8) is 0 Å². The van der Waals surface area contributed by atoms with Gasteiger partial charge in [0.1, 0.15) is 5.76 Å². The zero-order chi connectivity index (χ0) is 17.0. The molecule has 1 aromatic carbocycles. The van der Waals surface area contributed by atoms with Gasteiger partial charge >= 0.3 is 0 Å². The van der Waals surface area contributed by atoms with Crippen molar-refractivity contribution in [3.8, 4) is 22.8 Å². The second kappa shape index (κ2) is 6.13. The molecule has 0 saturated heterocycles. The highest BCUT2D eigenvalue weighted by atomic mass is 35.5. The summed E-state index contributed by atoms with van der Waals surface area (Å²) >= 11 is 6.53. The Morgan fingerprint density at radius 2 is 1.88 bits per heavy atom. The number of carbonyl (C=O) groups excluding carboxylic acids is 1. The van der Waals surface area contributed by atoms with Crippen LogP contribution in [0.3, 0.4) is 0 Å². The predicted octanol–water partition coefficient (Wildman–Crippen LogP) is 4.01. The maximum atomic E-state index is 11.3. The number of hydrogen-bond donors (Lipinski definition) is 1. The third kappa shape index (κ3) is 2.67. The molecular weight excluding hydrogens is 367 g/mol. The number of pyridine rings is 1. The molecule has 6 nitrogen and oxygen atoms in total. The summed E-state index contributed by atoms with van der Waals surface area (Å²) in [5, 5.41) is 1.37. The van der Waals surface area contributed by atoms with E-state index in [4.69, 9.17) is 31.2 Å². The number of aromatic nitrogens is 1. The fourth-order valence-electron chi connectivity index (χ4n) is 2.81. The van der Waals surface area contributed by atoms with Gasteiger partial charge in [-0.25, -0.2) is 4.98 Å². The minimum absolute atomic E-state index is 0. The lowest BCUT2D eigenvalue weighted by atomic mass is 10.0. The Labute approximate surface area is 154 Å². The van der Waals surface area contributed by atoms with Crippen molar-refractivity contribution in [1.29, 1.82) is 0 Å². The standard InChI is InChI=1S/C17H13ClN2O4.ClH/c1-7-9-3-12-13(23-6-22-12)5-11(9)20-16(15(7)18)10-4-14(17(19)21)24-8(10)2;/h3-5H,6H2,1-2H3,(H2,19,21);1H. The molecule has 0 radical (unpaired) electrons. The van der Waals surface area contributed by atoms with Gasteiger partial charge in [0, 0.05) is 17.0 Å². The average Bonchev–Trinajstić information content (AvgIpc) is 3.15. The molecule has 130 valence electrons. The van der Waals surface area contributed by atoms with Gasteiger partial charge < -0.3 is 19.6 Å². The largest absolute Gasteiger partial charge is 0.456 e. The first-order chi connectivity index (χ1) is 11.5. The van der Waals surface area contributed by atoms with Gasteiger partial charge in [0.2, 0.25) is 6.79 Å². The van der Waals surface area contributed by atoms with Gasteiger partial charge in [-0.1, -0.05) is 11.6 Å². The molecule has 0 spiro atoms. The van der Waals surface area contributed by atoms with Crippen LogP contribution in [0, 0.1) is 13.8 Å². The number of hydrogen-bond acceptors (Lipinski definition) is 5. The van der Waals surface area contributed by atoms with Gasteiger partial charge in [0.15, 0.2) is 17.3 Å². The van der Waals surface area contributed by atoms with E-state index in [1.54, 1.807) is 13.0 Å². The summed E-state index contributed by atoms with van der Waals surface area (Å²) in [5.74, 6) is 1.28. The first-order valence-electron chi connectivity index (χ1n) is 7.25. The summed E-state index contributed by atoms with van der Waals surface area (Å²) in [6.45, 7) is 3.83. The summed E-state index contributed by atoms with van der Waals surface area (Å²) < 4.78 is 16.2. The SMILES string of the molecule is Cc1oc(C(N)=O)cc1-c1nc2cc3c(cc2c(C)c1Cl)OCO3.Cl.